The molecule has 0 atom stereocenters. The standard InChI is InChI=1S/C12H19F2NO3/c1-10(2,3)18-9(16)15-6-11(7-15)4-12(17,5-11)8(13)14/h8,17H,4-7H2,1-3H3. The van der Waals surface area contributed by atoms with Crippen LogP contribution in [0, 0.1) is 5.41 Å². The third-order valence-electron chi connectivity index (χ3n) is 3.47. The molecule has 6 heteroatoms. The number of hydrogen-bond acceptors (Lipinski definition) is 3. The topological polar surface area (TPSA) is 49.8 Å². The van der Waals surface area contributed by atoms with Crippen molar-refractivity contribution in [3.8, 4) is 0 Å². The van der Waals surface area contributed by atoms with Crippen LogP contribution in [0.25, 0.3) is 0 Å². The second kappa shape index (κ2) is 3.79. The first kappa shape index (κ1) is 13.5. The van der Waals surface area contributed by atoms with E-state index in [0.717, 1.165) is 0 Å². The number of likely N-dealkylation sites (tertiary alicyclic amines) is 1. The van der Waals surface area contributed by atoms with E-state index in [1.807, 2.05) is 0 Å². The zero-order valence-electron chi connectivity index (χ0n) is 10.9. The Labute approximate surface area is 105 Å². The van der Waals surface area contributed by atoms with E-state index in [1.54, 1.807) is 20.8 Å². The van der Waals surface area contributed by atoms with Crippen molar-refractivity contribution in [2.24, 2.45) is 5.41 Å². The highest BCUT2D eigenvalue weighted by Crippen LogP contribution is 2.56. The van der Waals surface area contributed by atoms with E-state index in [2.05, 4.69) is 0 Å². The van der Waals surface area contributed by atoms with E-state index in [1.165, 1.54) is 4.90 Å². The molecule has 0 aromatic heterocycles. The van der Waals surface area contributed by atoms with Gasteiger partial charge >= 0.3 is 6.09 Å². The highest BCUT2D eigenvalue weighted by Gasteiger charge is 2.64. The van der Waals surface area contributed by atoms with Crippen LogP contribution in [0.3, 0.4) is 0 Å². The summed E-state index contributed by atoms with van der Waals surface area (Å²) >= 11 is 0. The Morgan fingerprint density at radius 1 is 1.33 bits per heavy atom. The molecule has 2 rings (SSSR count). The fourth-order valence-corrected chi connectivity index (χ4v) is 2.84. The summed E-state index contributed by atoms with van der Waals surface area (Å²) in [5, 5.41) is 9.51. The molecule has 0 aromatic carbocycles. The predicted octanol–water partition coefficient (Wildman–Crippen LogP) is 2.01. The molecule has 1 amide bonds. The second-order valence-electron chi connectivity index (χ2n) is 6.59. The minimum atomic E-state index is -2.71. The van der Waals surface area contributed by atoms with Gasteiger partial charge in [-0.2, -0.15) is 0 Å². The van der Waals surface area contributed by atoms with Gasteiger partial charge in [0.05, 0.1) is 0 Å². The van der Waals surface area contributed by atoms with Crippen molar-refractivity contribution in [1.29, 1.82) is 0 Å². The Balaban J connectivity index is 1.81. The number of aliphatic hydroxyl groups is 1. The number of alkyl halides is 2. The van der Waals surface area contributed by atoms with Gasteiger partial charge in [0, 0.05) is 18.5 Å². The summed E-state index contributed by atoms with van der Waals surface area (Å²) in [6.07, 6.45) is -2.99. The Morgan fingerprint density at radius 3 is 2.22 bits per heavy atom. The molecule has 4 nitrogen and oxygen atoms in total. The minimum Gasteiger partial charge on any atom is -0.444 e. The first-order valence-corrected chi connectivity index (χ1v) is 6.04. The summed E-state index contributed by atoms with van der Waals surface area (Å²) in [4.78, 5) is 13.2. The average Bonchev–Trinajstić information content (AvgIpc) is 2.04. The number of nitrogens with zero attached hydrogens (tertiary/aromatic N) is 1. The van der Waals surface area contributed by atoms with Gasteiger partial charge in [0.15, 0.2) is 0 Å². The Morgan fingerprint density at radius 2 is 1.83 bits per heavy atom. The van der Waals surface area contributed by atoms with Crippen LogP contribution < -0.4 is 0 Å². The maximum Gasteiger partial charge on any atom is 0.410 e. The zero-order valence-corrected chi connectivity index (χ0v) is 10.9. The number of amides is 1. The summed E-state index contributed by atoms with van der Waals surface area (Å²) in [6, 6.07) is 0. The van der Waals surface area contributed by atoms with Gasteiger partial charge < -0.3 is 14.7 Å². The summed E-state index contributed by atoms with van der Waals surface area (Å²) in [5.41, 5.74) is -2.72. The van der Waals surface area contributed by atoms with E-state index < -0.39 is 23.7 Å². The lowest BCUT2D eigenvalue weighted by Gasteiger charge is -2.61. The lowest BCUT2D eigenvalue weighted by atomic mass is 9.55. The molecule has 18 heavy (non-hydrogen) atoms. The van der Waals surface area contributed by atoms with Gasteiger partial charge in [0.2, 0.25) is 0 Å². The Bertz CT molecular complexity index is 351. The number of carbonyl (C=O) groups excluding carboxylic acids is 1. The molecule has 1 aliphatic heterocycles. The van der Waals surface area contributed by atoms with Crippen LogP contribution in [-0.4, -0.2) is 46.8 Å². The number of carbonyl (C=O) groups is 1. The van der Waals surface area contributed by atoms with Crippen molar-refractivity contribution >= 4 is 6.09 Å². The Kier molecular flexibility index (Phi) is 2.85. The third-order valence-corrected chi connectivity index (χ3v) is 3.47. The van der Waals surface area contributed by atoms with Crippen LogP contribution in [0.2, 0.25) is 0 Å². The molecule has 0 bridgehead atoms. The van der Waals surface area contributed by atoms with E-state index >= 15 is 0 Å². The molecular formula is C12H19F2NO3. The van der Waals surface area contributed by atoms with Gasteiger partial charge in [-0.3, -0.25) is 0 Å². The van der Waals surface area contributed by atoms with Crippen molar-refractivity contribution in [3.05, 3.63) is 0 Å². The van der Waals surface area contributed by atoms with Crippen LogP contribution in [-0.2, 0) is 4.74 Å². The fourth-order valence-electron chi connectivity index (χ4n) is 2.84. The van der Waals surface area contributed by atoms with Crippen LogP contribution in [0.15, 0.2) is 0 Å². The first-order valence-electron chi connectivity index (χ1n) is 6.04. The number of hydrogen-bond donors (Lipinski definition) is 1. The van der Waals surface area contributed by atoms with Gasteiger partial charge in [0.25, 0.3) is 6.43 Å². The molecule has 1 N–H and O–H groups in total. The molecule has 104 valence electrons. The van der Waals surface area contributed by atoms with Crippen LogP contribution >= 0.6 is 0 Å². The van der Waals surface area contributed by atoms with Crippen molar-refractivity contribution in [2.75, 3.05) is 13.1 Å². The molecule has 1 saturated heterocycles. The van der Waals surface area contributed by atoms with Crippen LogP contribution in [0.5, 0.6) is 0 Å². The molecule has 0 unspecified atom stereocenters. The Hall–Kier alpha value is -0.910. The number of halogens is 2. The summed E-state index contributed by atoms with van der Waals surface area (Å²) in [5.74, 6) is 0. The van der Waals surface area contributed by atoms with Crippen molar-refractivity contribution in [2.45, 2.75) is 51.2 Å². The quantitative estimate of drug-likeness (QED) is 0.787. The molecule has 1 heterocycles. The summed E-state index contributed by atoms with van der Waals surface area (Å²) in [6.45, 7) is 6.13. The van der Waals surface area contributed by atoms with Crippen molar-refractivity contribution < 1.29 is 23.4 Å². The van der Waals surface area contributed by atoms with Gasteiger partial charge in [-0.15, -0.1) is 0 Å². The van der Waals surface area contributed by atoms with E-state index in [-0.39, 0.29) is 18.3 Å². The fraction of sp³-hybridized carbons (Fsp3) is 0.917. The average molecular weight is 263 g/mol. The first-order chi connectivity index (χ1) is 8.05. The molecule has 2 fully saturated rings. The SMILES string of the molecule is CC(C)(C)OC(=O)N1CC2(C1)CC(O)(C(F)F)C2. The molecule has 2 aliphatic rings. The summed E-state index contributed by atoms with van der Waals surface area (Å²) in [7, 11) is 0. The largest absolute Gasteiger partial charge is 0.444 e. The van der Waals surface area contributed by atoms with Gasteiger partial charge in [-0.1, -0.05) is 0 Å². The third kappa shape index (κ3) is 2.30. The van der Waals surface area contributed by atoms with Crippen molar-refractivity contribution in [1.82, 2.24) is 4.90 Å². The molecule has 0 aromatic rings. The van der Waals surface area contributed by atoms with Crippen LogP contribution in [0.4, 0.5) is 13.6 Å². The highest BCUT2D eigenvalue weighted by molar-refractivity contribution is 5.69. The number of ether oxygens (including phenoxy) is 1. The molecular weight excluding hydrogens is 244 g/mol. The van der Waals surface area contributed by atoms with Crippen LogP contribution in [0.1, 0.15) is 33.6 Å². The smallest absolute Gasteiger partial charge is 0.410 e. The molecule has 0 radical (unpaired) electrons. The highest BCUT2D eigenvalue weighted by atomic mass is 19.3. The maximum atomic E-state index is 12.5. The molecule has 1 spiro atoms. The summed E-state index contributed by atoms with van der Waals surface area (Å²) < 4.78 is 30.2. The normalized spacial score (nSPS) is 24.7. The second-order valence-corrected chi connectivity index (χ2v) is 6.59. The van der Waals surface area contributed by atoms with Gasteiger partial charge in [-0.25, -0.2) is 13.6 Å². The molecule has 1 aliphatic carbocycles. The van der Waals surface area contributed by atoms with E-state index in [0.29, 0.717) is 13.1 Å². The van der Waals surface area contributed by atoms with E-state index in [9.17, 15) is 18.7 Å². The van der Waals surface area contributed by atoms with Crippen molar-refractivity contribution in [3.63, 3.8) is 0 Å². The predicted molar refractivity (Wildman–Crippen MR) is 60.4 cm³/mol. The lowest BCUT2D eigenvalue weighted by molar-refractivity contribution is -0.235. The number of rotatable bonds is 1. The van der Waals surface area contributed by atoms with Gasteiger partial charge in [0.1, 0.15) is 11.2 Å². The monoisotopic (exact) mass is 263 g/mol. The lowest BCUT2D eigenvalue weighted by Crippen LogP contribution is -2.70. The maximum absolute atomic E-state index is 12.5. The van der Waals surface area contributed by atoms with Gasteiger partial charge in [-0.05, 0) is 33.6 Å². The zero-order chi connectivity index (χ0) is 13.8. The minimum absolute atomic E-state index is 0.0664. The molecule has 1 saturated carbocycles. The van der Waals surface area contributed by atoms with E-state index in [4.69, 9.17) is 4.74 Å².